The summed E-state index contributed by atoms with van der Waals surface area (Å²) in [5.74, 6) is 0.636. The second kappa shape index (κ2) is 6.44. The van der Waals surface area contributed by atoms with Gasteiger partial charge >= 0.3 is 0 Å². The van der Waals surface area contributed by atoms with Gasteiger partial charge in [0, 0.05) is 30.3 Å². The smallest absolute Gasteiger partial charge is 0.272 e. The molecular weight excluding hydrogens is 334 g/mol. The monoisotopic (exact) mass is 355 g/mol. The Hall–Kier alpha value is -2.90. The Morgan fingerprint density at radius 3 is 2.92 bits per heavy atom. The summed E-state index contributed by atoms with van der Waals surface area (Å²) in [5.41, 5.74) is 3.34. The Bertz CT molecular complexity index is 872. The van der Waals surface area contributed by atoms with Gasteiger partial charge in [-0.25, -0.2) is 4.98 Å². The van der Waals surface area contributed by atoms with Gasteiger partial charge in [-0.3, -0.25) is 14.7 Å². The lowest BCUT2D eigenvalue weighted by Gasteiger charge is -2.10. The molecule has 26 heavy (non-hydrogen) atoms. The van der Waals surface area contributed by atoms with Crippen LogP contribution >= 0.6 is 0 Å². The summed E-state index contributed by atoms with van der Waals surface area (Å²) in [4.78, 5) is 30.9. The Labute approximate surface area is 150 Å². The van der Waals surface area contributed by atoms with E-state index >= 15 is 0 Å². The standard InChI is InChI=1S/C18H21N5O3/c1-3-23-9-15-12(18(23)25)6-11(17(20-15)26-2)8-19-16(24)14-7-13(21-22-14)10-4-5-10/h6-7,10H,3-5,8-9H2,1-2H3,(H,19,24)(H,21,22). The van der Waals surface area contributed by atoms with Crippen LogP contribution in [0.5, 0.6) is 5.88 Å². The lowest BCUT2D eigenvalue weighted by Crippen LogP contribution is -2.24. The van der Waals surface area contributed by atoms with Crippen molar-refractivity contribution in [3.05, 3.63) is 40.3 Å². The maximum absolute atomic E-state index is 12.4. The second-order valence-corrected chi connectivity index (χ2v) is 6.64. The van der Waals surface area contributed by atoms with Gasteiger partial charge in [0.2, 0.25) is 5.88 Å². The molecule has 1 saturated carbocycles. The molecule has 1 aliphatic carbocycles. The summed E-state index contributed by atoms with van der Waals surface area (Å²) in [6.45, 7) is 3.27. The molecule has 1 fully saturated rings. The normalized spacial score (nSPS) is 15.9. The molecule has 2 aromatic heterocycles. The summed E-state index contributed by atoms with van der Waals surface area (Å²) in [5, 5.41) is 9.83. The summed E-state index contributed by atoms with van der Waals surface area (Å²) in [7, 11) is 1.53. The van der Waals surface area contributed by atoms with Gasteiger partial charge in [0.15, 0.2) is 0 Å². The van der Waals surface area contributed by atoms with Crippen molar-refractivity contribution in [2.75, 3.05) is 13.7 Å². The van der Waals surface area contributed by atoms with Crippen LogP contribution < -0.4 is 10.1 Å². The number of ether oxygens (including phenoxy) is 1. The minimum absolute atomic E-state index is 0.0355. The quantitative estimate of drug-likeness (QED) is 0.820. The third kappa shape index (κ3) is 2.91. The van der Waals surface area contributed by atoms with Crippen LogP contribution in [-0.2, 0) is 13.1 Å². The minimum atomic E-state index is -0.266. The van der Waals surface area contributed by atoms with Gasteiger partial charge in [-0.05, 0) is 31.9 Å². The van der Waals surface area contributed by atoms with Crippen molar-refractivity contribution in [3.63, 3.8) is 0 Å². The number of fused-ring (bicyclic) bond motifs is 1. The Kier molecular flexibility index (Phi) is 4.10. The van der Waals surface area contributed by atoms with Gasteiger partial charge in [-0.2, -0.15) is 5.10 Å². The fourth-order valence-electron chi connectivity index (χ4n) is 3.18. The van der Waals surface area contributed by atoms with E-state index in [1.54, 1.807) is 17.0 Å². The number of methoxy groups -OCH3 is 1. The van der Waals surface area contributed by atoms with Gasteiger partial charge in [0.1, 0.15) is 5.69 Å². The van der Waals surface area contributed by atoms with E-state index in [-0.39, 0.29) is 18.4 Å². The van der Waals surface area contributed by atoms with Gasteiger partial charge in [0.05, 0.1) is 24.9 Å². The molecule has 2 N–H and O–H groups in total. The fourth-order valence-corrected chi connectivity index (χ4v) is 3.18. The molecule has 3 heterocycles. The highest BCUT2D eigenvalue weighted by Gasteiger charge is 2.30. The molecule has 8 heteroatoms. The second-order valence-electron chi connectivity index (χ2n) is 6.64. The van der Waals surface area contributed by atoms with Gasteiger partial charge in [0.25, 0.3) is 11.8 Å². The van der Waals surface area contributed by atoms with E-state index in [0.717, 1.165) is 18.5 Å². The van der Waals surface area contributed by atoms with Crippen LogP contribution in [0, 0.1) is 0 Å². The molecule has 1 aliphatic heterocycles. The van der Waals surface area contributed by atoms with Crippen molar-refractivity contribution >= 4 is 11.8 Å². The van der Waals surface area contributed by atoms with Crippen LogP contribution in [0.25, 0.3) is 0 Å². The molecule has 0 saturated heterocycles. The van der Waals surface area contributed by atoms with E-state index in [0.29, 0.717) is 47.4 Å². The number of H-pyrrole nitrogens is 1. The lowest BCUT2D eigenvalue weighted by atomic mass is 10.1. The Morgan fingerprint density at radius 2 is 2.23 bits per heavy atom. The average Bonchev–Trinajstić information content (AvgIpc) is 3.30. The molecule has 4 rings (SSSR count). The predicted molar refractivity (Wildman–Crippen MR) is 92.9 cm³/mol. The Morgan fingerprint density at radius 1 is 1.42 bits per heavy atom. The zero-order valence-corrected chi connectivity index (χ0v) is 14.8. The highest BCUT2D eigenvalue weighted by molar-refractivity contribution is 5.98. The van der Waals surface area contributed by atoms with Crippen LogP contribution in [0.1, 0.15) is 63.5 Å². The molecule has 0 spiro atoms. The molecular formula is C18H21N5O3. The van der Waals surface area contributed by atoms with E-state index in [2.05, 4.69) is 20.5 Å². The Balaban J connectivity index is 1.49. The SMILES string of the molecule is CCN1Cc2nc(OC)c(CNC(=O)c3cc(C4CC4)[nH]n3)cc2C1=O. The largest absolute Gasteiger partial charge is 0.481 e. The topological polar surface area (TPSA) is 100 Å². The number of nitrogens with zero attached hydrogens (tertiary/aromatic N) is 3. The van der Waals surface area contributed by atoms with Crippen molar-refractivity contribution in [2.24, 2.45) is 0 Å². The van der Waals surface area contributed by atoms with Crippen LogP contribution in [0.2, 0.25) is 0 Å². The van der Waals surface area contributed by atoms with E-state index in [1.165, 1.54) is 7.11 Å². The van der Waals surface area contributed by atoms with Crippen molar-refractivity contribution in [2.45, 2.75) is 38.8 Å². The summed E-state index contributed by atoms with van der Waals surface area (Å²) in [6, 6.07) is 3.56. The molecule has 0 radical (unpaired) electrons. The predicted octanol–water partition coefficient (Wildman–Crippen LogP) is 1.60. The zero-order valence-electron chi connectivity index (χ0n) is 14.8. The van der Waals surface area contributed by atoms with E-state index in [4.69, 9.17) is 4.74 Å². The van der Waals surface area contributed by atoms with Gasteiger partial charge in [-0.15, -0.1) is 0 Å². The molecule has 0 atom stereocenters. The lowest BCUT2D eigenvalue weighted by molar-refractivity contribution is 0.0786. The number of aromatic nitrogens is 3. The number of carbonyl (C=O) groups is 2. The first-order chi connectivity index (χ1) is 12.6. The molecule has 2 aromatic rings. The number of hydrogen-bond acceptors (Lipinski definition) is 5. The molecule has 2 amide bonds. The van der Waals surface area contributed by atoms with Crippen molar-refractivity contribution < 1.29 is 14.3 Å². The van der Waals surface area contributed by atoms with Crippen molar-refractivity contribution in [1.82, 2.24) is 25.4 Å². The van der Waals surface area contributed by atoms with E-state index < -0.39 is 0 Å². The summed E-state index contributed by atoms with van der Waals surface area (Å²) < 4.78 is 5.34. The number of rotatable bonds is 6. The number of nitrogens with one attached hydrogen (secondary N) is 2. The molecule has 0 bridgehead atoms. The molecule has 0 unspecified atom stereocenters. The highest BCUT2D eigenvalue weighted by Crippen LogP contribution is 2.39. The van der Waals surface area contributed by atoms with Gasteiger partial charge < -0.3 is 15.0 Å². The average molecular weight is 355 g/mol. The number of aromatic amines is 1. The van der Waals surface area contributed by atoms with Crippen molar-refractivity contribution in [3.8, 4) is 5.88 Å². The summed E-state index contributed by atoms with van der Waals surface area (Å²) in [6.07, 6.45) is 2.29. The third-order valence-corrected chi connectivity index (χ3v) is 4.86. The molecule has 136 valence electrons. The number of hydrogen-bond donors (Lipinski definition) is 2. The summed E-state index contributed by atoms with van der Waals surface area (Å²) >= 11 is 0. The fraction of sp³-hybridized carbons (Fsp3) is 0.444. The first kappa shape index (κ1) is 16.6. The maximum atomic E-state index is 12.4. The first-order valence-electron chi connectivity index (χ1n) is 8.80. The van der Waals surface area contributed by atoms with Gasteiger partial charge in [-0.1, -0.05) is 0 Å². The first-order valence-corrected chi connectivity index (χ1v) is 8.80. The number of amides is 2. The molecule has 0 aromatic carbocycles. The van der Waals surface area contributed by atoms with Crippen LogP contribution in [0.3, 0.4) is 0 Å². The highest BCUT2D eigenvalue weighted by atomic mass is 16.5. The van der Waals surface area contributed by atoms with Crippen LogP contribution in [0.15, 0.2) is 12.1 Å². The van der Waals surface area contributed by atoms with Crippen molar-refractivity contribution in [1.29, 1.82) is 0 Å². The maximum Gasteiger partial charge on any atom is 0.272 e. The minimum Gasteiger partial charge on any atom is -0.481 e. The molecule has 2 aliphatic rings. The third-order valence-electron chi connectivity index (χ3n) is 4.86. The van der Waals surface area contributed by atoms with E-state index in [1.807, 2.05) is 6.92 Å². The number of pyridine rings is 1. The number of carbonyl (C=O) groups excluding carboxylic acids is 2. The van der Waals surface area contributed by atoms with Crippen LogP contribution in [0.4, 0.5) is 0 Å². The zero-order chi connectivity index (χ0) is 18.3. The molecule has 8 nitrogen and oxygen atoms in total. The van der Waals surface area contributed by atoms with Crippen LogP contribution in [-0.4, -0.2) is 45.6 Å². The van der Waals surface area contributed by atoms with E-state index in [9.17, 15) is 9.59 Å².